The normalized spacial score (nSPS) is 25.0. The maximum absolute atomic E-state index is 5.31. The molecule has 0 radical (unpaired) electrons. The molecule has 0 atom stereocenters. The number of hydrogen-bond donors (Lipinski definition) is 0. The molecule has 0 aliphatic carbocycles. The SMILES string of the molecule is [CH3][Bi]1[S]CCOCC[S]1. The Bertz CT molecular complexity index is 73.4. The summed E-state index contributed by atoms with van der Waals surface area (Å²) >= 11 is -0.969. The summed E-state index contributed by atoms with van der Waals surface area (Å²) in [5.41, 5.74) is 0. The van der Waals surface area contributed by atoms with Gasteiger partial charge in [0.2, 0.25) is 0 Å². The van der Waals surface area contributed by atoms with Gasteiger partial charge in [-0.2, -0.15) is 0 Å². The van der Waals surface area contributed by atoms with Crippen molar-refractivity contribution in [1.82, 2.24) is 0 Å². The van der Waals surface area contributed by atoms with E-state index in [0.29, 0.717) is 0 Å². The molecule has 0 N–H and O–H groups in total. The van der Waals surface area contributed by atoms with Crippen LogP contribution in [-0.4, -0.2) is 43.5 Å². The molecule has 0 unspecified atom stereocenters. The van der Waals surface area contributed by atoms with Gasteiger partial charge in [0.05, 0.1) is 0 Å². The van der Waals surface area contributed by atoms with Crippen molar-refractivity contribution >= 4 is 35.9 Å². The molecule has 0 saturated carbocycles. The number of rotatable bonds is 0. The third-order valence-corrected chi connectivity index (χ3v) is 20.7. The average Bonchev–Trinajstić information content (AvgIpc) is 1.79. The van der Waals surface area contributed by atoms with Gasteiger partial charge < -0.3 is 0 Å². The van der Waals surface area contributed by atoms with Crippen LogP contribution in [0, 0.1) is 0 Å². The second-order valence-corrected chi connectivity index (χ2v) is 24.1. The standard InChI is InChI=1S/C4H10OS2.CH3.Bi/c6-3-1-5-2-4-7;;/h6-7H,1-4H2;1H3;/q;;+2/p-2. The van der Waals surface area contributed by atoms with Crippen molar-refractivity contribution in [3.05, 3.63) is 0 Å². The predicted octanol–water partition coefficient (Wildman–Crippen LogP) is 1.60. The van der Waals surface area contributed by atoms with Gasteiger partial charge in [-0.15, -0.1) is 0 Å². The zero-order valence-electron chi connectivity index (χ0n) is 5.50. The Morgan fingerprint density at radius 2 is 1.78 bits per heavy atom. The first-order valence-electron chi connectivity index (χ1n) is 2.97. The maximum atomic E-state index is 5.31. The minimum atomic E-state index is -0.969. The Hall–Kier alpha value is 1.54. The van der Waals surface area contributed by atoms with Crippen LogP contribution in [0.15, 0.2) is 0 Å². The summed E-state index contributed by atoms with van der Waals surface area (Å²) < 4.78 is 7.78. The van der Waals surface area contributed by atoms with Crippen molar-refractivity contribution in [1.29, 1.82) is 0 Å². The monoisotopic (exact) mass is 360 g/mol. The molecule has 1 rings (SSSR count). The topological polar surface area (TPSA) is 9.23 Å². The number of hydrogen-bond acceptors (Lipinski definition) is 3. The summed E-state index contributed by atoms with van der Waals surface area (Å²) in [6.07, 6.45) is 0. The Labute approximate surface area is 69.5 Å². The van der Waals surface area contributed by atoms with E-state index in [1.54, 1.807) is 0 Å². The van der Waals surface area contributed by atoms with E-state index in [1.807, 2.05) is 0 Å². The van der Waals surface area contributed by atoms with Crippen LogP contribution in [0.3, 0.4) is 0 Å². The Morgan fingerprint density at radius 3 is 2.33 bits per heavy atom. The number of ether oxygens (including phenoxy) is 1. The Morgan fingerprint density at radius 1 is 1.22 bits per heavy atom. The first-order valence-corrected chi connectivity index (χ1v) is 16.8. The molecule has 0 amide bonds. The van der Waals surface area contributed by atoms with Crippen LogP contribution < -0.4 is 0 Å². The fourth-order valence-corrected chi connectivity index (χ4v) is 16.1. The van der Waals surface area contributed by atoms with E-state index >= 15 is 0 Å². The van der Waals surface area contributed by atoms with E-state index in [1.165, 1.54) is 11.5 Å². The summed E-state index contributed by atoms with van der Waals surface area (Å²) in [5.74, 6) is 2.50. The van der Waals surface area contributed by atoms with Gasteiger partial charge in [-0.25, -0.2) is 0 Å². The molecule has 0 spiro atoms. The van der Waals surface area contributed by atoms with E-state index in [-0.39, 0.29) is 0 Å². The van der Waals surface area contributed by atoms with E-state index < -0.39 is 18.8 Å². The fourth-order valence-electron chi connectivity index (χ4n) is 0.589. The van der Waals surface area contributed by atoms with Gasteiger partial charge in [0.25, 0.3) is 0 Å². The van der Waals surface area contributed by atoms with Gasteiger partial charge in [0.1, 0.15) is 0 Å². The van der Waals surface area contributed by atoms with Gasteiger partial charge in [-0.05, 0) is 0 Å². The summed E-state index contributed by atoms with van der Waals surface area (Å²) in [6, 6.07) is 0. The fraction of sp³-hybridized carbons (Fsp3) is 1.00. The van der Waals surface area contributed by atoms with Crippen molar-refractivity contribution in [3.63, 3.8) is 0 Å². The Balaban J connectivity index is 2.12. The molecule has 0 aromatic carbocycles. The molecule has 0 aromatic rings. The molecule has 4 heteroatoms. The van der Waals surface area contributed by atoms with Crippen LogP contribution in [0.5, 0.6) is 0 Å². The second-order valence-electron chi connectivity index (χ2n) is 1.72. The molecule has 1 fully saturated rings. The second kappa shape index (κ2) is 5.23. The van der Waals surface area contributed by atoms with Crippen LogP contribution in [0.4, 0.5) is 0 Å². The van der Waals surface area contributed by atoms with Crippen molar-refractivity contribution in [2.75, 3.05) is 24.7 Å². The van der Waals surface area contributed by atoms with Crippen LogP contribution in [0.1, 0.15) is 0 Å². The van der Waals surface area contributed by atoms with Crippen LogP contribution >= 0.6 is 17.0 Å². The van der Waals surface area contributed by atoms with E-state index in [0.717, 1.165) is 13.2 Å². The van der Waals surface area contributed by atoms with Crippen molar-refractivity contribution in [3.8, 4) is 0 Å². The van der Waals surface area contributed by atoms with Gasteiger partial charge >= 0.3 is 69.9 Å². The molecule has 0 aromatic heterocycles. The molecular weight excluding hydrogens is 349 g/mol. The molecule has 1 heterocycles. The van der Waals surface area contributed by atoms with Crippen molar-refractivity contribution in [2.24, 2.45) is 0 Å². The molecule has 1 saturated heterocycles. The van der Waals surface area contributed by atoms with Crippen LogP contribution in [-0.2, 0) is 4.74 Å². The van der Waals surface area contributed by atoms with E-state index in [4.69, 9.17) is 4.74 Å². The summed E-state index contributed by atoms with van der Waals surface area (Å²) in [7, 11) is 4.39. The van der Waals surface area contributed by atoms with Crippen LogP contribution in [0.2, 0.25) is 4.63 Å². The van der Waals surface area contributed by atoms with Crippen molar-refractivity contribution < 1.29 is 4.74 Å². The Kier molecular flexibility index (Phi) is 5.02. The zero-order valence-corrected chi connectivity index (χ0v) is 10.6. The van der Waals surface area contributed by atoms with Gasteiger partial charge in [-0.3, -0.25) is 0 Å². The molecule has 1 nitrogen and oxygen atoms in total. The molecule has 9 heavy (non-hydrogen) atoms. The van der Waals surface area contributed by atoms with Crippen molar-refractivity contribution in [2.45, 2.75) is 4.63 Å². The summed E-state index contributed by atoms with van der Waals surface area (Å²) in [6.45, 7) is 1.98. The molecule has 0 bridgehead atoms. The molecule has 1 aliphatic heterocycles. The quantitative estimate of drug-likeness (QED) is 0.608. The third-order valence-electron chi connectivity index (χ3n) is 1.00. The zero-order chi connectivity index (χ0) is 6.53. The van der Waals surface area contributed by atoms with E-state index in [2.05, 4.69) is 21.7 Å². The molecular formula is C5H11BiOS2. The molecule has 54 valence electrons. The van der Waals surface area contributed by atoms with Gasteiger partial charge in [-0.1, -0.05) is 0 Å². The first-order chi connectivity index (χ1) is 4.39. The summed E-state index contributed by atoms with van der Waals surface area (Å²) in [5, 5.41) is 0. The third kappa shape index (κ3) is 4.08. The van der Waals surface area contributed by atoms with Crippen LogP contribution in [0.25, 0.3) is 0 Å². The van der Waals surface area contributed by atoms with Gasteiger partial charge in [0, 0.05) is 0 Å². The van der Waals surface area contributed by atoms with E-state index in [9.17, 15) is 0 Å². The summed E-state index contributed by atoms with van der Waals surface area (Å²) in [4.78, 5) is 0. The average molecular weight is 360 g/mol. The first kappa shape index (κ1) is 8.64. The predicted molar refractivity (Wildman–Crippen MR) is 47.4 cm³/mol. The van der Waals surface area contributed by atoms with Gasteiger partial charge in [0.15, 0.2) is 0 Å². The molecule has 1 aliphatic rings. The minimum absolute atomic E-state index is 0.969.